The zero-order valence-electron chi connectivity index (χ0n) is 16.5. The van der Waals surface area contributed by atoms with Crippen LogP contribution in [0.15, 0.2) is 34.9 Å². The summed E-state index contributed by atoms with van der Waals surface area (Å²) >= 11 is 0. The van der Waals surface area contributed by atoms with Crippen LogP contribution >= 0.6 is 0 Å². The molecule has 2 aliphatic rings. The predicted molar refractivity (Wildman–Crippen MR) is 102 cm³/mol. The Morgan fingerprint density at radius 3 is 2.61 bits per heavy atom. The number of fused-ring (bicyclic) bond motifs is 1. The van der Waals surface area contributed by atoms with Gasteiger partial charge in [0, 0.05) is 25.1 Å². The Balaban J connectivity index is 1.35. The maximum Gasteiger partial charge on any atom is 0.410 e. The van der Waals surface area contributed by atoms with Crippen LogP contribution in [0.25, 0.3) is 0 Å². The van der Waals surface area contributed by atoms with Crippen molar-refractivity contribution in [3.8, 4) is 11.5 Å². The second-order valence-corrected chi connectivity index (χ2v) is 8.26. The van der Waals surface area contributed by atoms with Crippen LogP contribution in [0.5, 0.6) is 11.5 Å². The largest absolute Gasteiger partial charge is 0.485 e. The minimum Gasteiger partial charge on any atom is -0.485 e. The summed E-state index contributed by atoms with van der Waals surface area (Å²) in [6, 6.07) is 9.55. The quantitative estimate of drug-likeness (QED) is 0.766. The molecule has 0 spiro atoms. The van der Waals surface area contributed by atoms with Crippen molar-refractivity contribution in [1.82, 2.24) is 10.1 Å². The van der Waals surface area contributed by atoms with Gasteiger partial charge in [-0.05, 0) is 45.7 Å². The number of hydrogen-bond acceptors (Lipinski definition) is 6. The SMILES string of the molecule is CC(C)(C)OC(=O)N1CCC(c2cc(C3COc4ccccc4O3)on2)CC1. The molecule has 1 amide bonds. The summed E-state index contributed by atoms with van der Waals surface area (Å²) in [5.41, 5.74) is 0.427. The number of rotatable bonds is 2. The van der Waals surface area contributed by atoms with E-state index in [1.54, 1.807) is 4.90 Å². The third-order valence-electron chi connectivity index (χ3n) is 4.94. The van der Waals surface area contributed by atoms with Gasteiger partial charge in [0.25, 0.3) is 0 Å². The second kappa shape index (κ2) is 7.37. The number of aromatic nitrogens is 1. The maximum atomic E-state index is 12.2. The van der Waals surface area contributed by atoms with Crippen molar-refractivity contribution in [3.63, 3.8) is 0 Å². The predicted octanol–water partition coefficient (Wildman–Crippen LogP) is 4.30. The van der Waals surface area contributed by atoms with Crippen molar-refractivity contribution in [2.75, 3.05) is 19.7 Å². The minimum atomic E-state index is -0.477. The van der Waals surface area contributed by atoms with E-state index in [4.69, 9.17) is 18.7 Å². The lowest BCUT2D eigenvalue weighted by molar-refractivity contribution is 0.0203. The highest BCUT2D eigenvalue weighted by molar-refractivity contribution is 5.68. The number of amides is 1. The van der Waals surface area contributed by atoms with E-state index in [-0.39, 0.29) is 18.1 Å². The van der Waals surface area contributed by atoms with Gasteiger partial charge in [-0.1, -0.05) is 17.3 Å². The summed E-state index contributed by atoms with van der Waals surface area (Å²) in [5, 5.41) is 4.26. The first kappa shape index (κ1) is 18.7. The van der Waals surface area contributed by atoms with Gasteiger partial charge >= 0.3 is 6.09 Å². The van der Waals surface area contributed by atoms with Crippen molar-refractivity contribution >= 4 is 6.09 Å². The fraction of sp³-hybridized carbons (Fsp3) is 0.524. The number of likely N-dealkylation sites (tertiary alicyclic amines) is 1. The van der Waals surface area contributed by atoms with Crippen molar-refractivity contribution in [2.45, 2.75) is 51.2 Å². The summed E-state index contributed by atoms with van der Waals surface area (Å²) in [6.45, 7) is 7.33. The highest BCUT2D eigenvalue weighted by atomic mass is 16.6. The first-order chi connectivity index (χ1) is 13.4. The second-order valence-electron chi connectivity index (χ2n) is 8.26. The summed E-state index contributed by atoms with van der Waals surface area (Å²) in [6.07, 6.45) is 1.10. The highest BCUT2D eigenvalue weighted by Crippen LogP contribution is 2.37. The van der Waals surface area contributed by atoms with Crippen LogP contribution in [0, 0.1) is 0 Å². The van der Waals surface area contributed by atoms with Gasteiger partial charge in [0.2, 0.25) is 0 Å². The van der Waals surface area contributed by atoms with Crippen LogP contribution < -0.4 is 9.47 Å². The van der Waals surface area contributed by atoms with Gasteiger partial charge in [0.05, 0.1) is 5.69 Å². The molecule has 1 atom stereocenters. The third kappa shape index (κ3) is 4.08. The van der Waals surface area contributed by atoms with Gasteiger partial charge in [-0.15, -0.1) is 0 Å². The molecule has 2 aliphatic heterocycles. The van der Waals surface area contributed by atoms with Gasteiger partial charge in [0.1, 0.15) is 12.2 Å². The number of carbonyl (C=O) groups is 1. The Bertz CT molecular complexity index is 833. The zero-order chi connectivity index (χ0) is 19.7. The average molecular weight is 386 g/mol. The average Bonchev–Trinajstić information content (AvgIpc) is 3.16. The van der Waals surface area contributed by atoms with Gasteiger partial charge in [-0.3, -0.25) is 0 Å². The van der Waals surface area contributed by atoms with Crippen LogP contribution in [0.1, 0.15) is 57.1 Å². The molecular weight excluding hydrogens is 360 g/mol. The van der Waals surface area contributed by atoms with E-state index in [0.29, 0.717) is 31.2 Å². The van der Waals surface area contributed by atoms with E-state index < -0.39 is 5.60 Å². The fourth-order valence-electron chi connectivity index (χ4n) is 3.49. The van der Waals surface area contributed by atoms with Crippen molar-refractivity contribution in [1.29, 1.82) is 0 Å². The van der Waals surface area contributed by atoms with E-state index in [2.05, 4.69) is 5.16 Å². The minimum absolute atomic E-state index is 0.252. The molecule has 150 valence electrons. The van der Waals surface area contributed by atoms with Crippen LogP contribution in [-0.2, 0) is 4.74 Å². The van der Waals surface area contributed by atoms with Gasteiger partial charge in [0.15, 0.2) is 23.4 Å². The smallest absolute Gasteiger partial charge is 0.410 e. The molecule has 28 heavy (non-hydrogen) atoms. The Morgan fingerprint density at radius 1 is 1.18 bits per heavy atom. The topological polar surface area (TPSA) is 74.0 Å². The van der Waals surface area contributed by atoms with E-state index in [0.717, 1.165) is 24.3 Å². The molecule has 0 N–H and O–H groups in total. The van der Waals surface area contributed by atoms with Crippen LogP contribution in [0.2, 0.25) is 0 Å². The molecule has 0 bridgehead atoms. The Labute approximate surface area is 164 Å². The fourth-order valence-corrected chi connectivity index (χ4v) is 3.49. The number of carbonyl (C=O) groups excluding carboxylic acids is 1. The number of para-hydroxylation sites is 2. The molecule has 7 heteroatoms. The zero-order valence-corrected chi connectivity index (χ0v) is 16.5. The van der Waals surface area contributed by atoms with Crippen LogP contribution in [0.3, 0.4) is 0 Å². The molecule has 0 saturated carbocycles. The molecule has 3 heterocycles. The van der Waals surface area contributed by atoms with Crippen LogP contribution in [-0.4, -0.2) is 41.4 Å². The number of ether oxygens (including phenoxy) is 3. The molecule has 1 unspecified atom stereocenters. The molecule has 2 aromatic rings. The van der Waals surface area contributed by atoms with Crippen molar-refractivity contribution in [2.24, 2.45) is 0 Å². The lowest BCUT2D eigenvalue weighted by atomic mass is 9.93. The van der Waals surface area contributed by atoms with E-state index in [1.165, 1.54) is 0 Å². The molecular formula is C21H26N2O5. The molecule has 0 aliphatic carbocycles. The molecule has 0 radical (unpaired) electrons. The van der Waals surface area contributed by atoms with Crippen molar-refractivity contribution in [3.05, 3.63) is 41.8 Å². The first-order valence-corrected chi connectivity index (χ1v) is 9.72. The van der Waals surface area contributed by atoms with Gasteiger partial charge in [-0.25, -0.2) is 4.79 Å². The lowest BCUT2D eigenvalue weighted by Gasteiger charge is -2.32. The molecule has 4 rings (SSSR count). The summed E-state index contributed by atoms with van der Waals surface area (Å²) in [4.78, 5) is 14.0. The molecule has 1 aromatic heterocycles. The number of piperidine rings is 1. The maximum absolute atomic E-state index is 12.2. The number of hydrogen-bond donors (Lipinski definition) is 0. The van der Waals surface area contributed by atoms with Gasteiger partial charge in [-0.2, -0.15) is 0 Å². The normalized spacial score (nSPS) is 20.1. The highest BCUT2D eigenvalue weighted by Gasteiger charge is 2.31. The lowest BCUT2D eigenvalue weighted by Crippen LogP contribution is -2.41. The van der Waals surface area contributed by atoms with E-state index >= 15 is 0 Å². The van der Waals surface area contributed by atoms with Crippen molar-refractivity contribution < 1.29 is 23.5 Å². The Hall–Kier alpha value is -2.70. The third-order valence-corrected chi connectivity index (χ3v) is 4.94. The molecule has 1 fully saturated rings. The van der Waals surface area contributed by atoms with Crippen LogP contribution in [0.4, 0.5) is 4.79 Å². The number of nitrogens with zero attached hydrogens (tertiary/aromatic N) is 2. The van der Waals surface area contributed by atoms with E-state index in [9.17, 15) is 4.79 Å². The summed E-state index contributed by atoms with van der Waals surface area (Å²) in [5.74, 6) is 2.38. The standard InChI is InChI=1S/C21H26N2O5/c1-21(2,3)27-20(24)23-10-8-14(9-11-23)15-12-18(28-22-15)19-13-25-16-6-4-5-7-17(16)26-19/h4-7,12,14,19H,8-11,13H2,1-3H3. The monoisotopic (exact) mass is 386 g/mol. The summed E-state index contributed by atoms with van der Waals surface area (Å²) < 4.78 is 22.7. The first-order valence-electron chi connectivity index (χ1n) is 9.72. The van der Waals surface area contributed by atoms with Gasteiger partial charge < -0.3 is 23.6 Å². The molecule has 1 saturated heterocycles. The molecule has 1 aromatic carbocycles. The molecule has 7 nitrogen and oxygen atoms in total. The number of benzene rings is 1. The Morgan fingerprint density at radius 2 is 1.89 bits per heavy atom. The Kier molecular flexibility index (Phi) is 4.91. The van der Waals surface area contributed by atoms with E-state index in [1.807, 2.05) is 51.1 Å². The summed E-state index contributed by atoms with van der Waals surface area (Å²) in [7, 11) is 0.